The van der Waals surface area contributed by atoms with Crippen molar-refractivity contribution in [3.63, 3.8) is 0 Å². The fourth-order valence-corrected chi connectivity index (χ4v) is 6.21. The molecule has 0 atom stereocenters. The van der Waals surface area contributed by atoms with Gasteiger partial charge in [-0.1, -0.05) is 6.07 Å². The van der Waals surface area contributed by atoms with Crippen LogP contribution in [0.5, 0.6) is 0 Å². The van der Waals surface area contributed by atoms with Crippen LogP contribution in [0.15, 0.2) is 45.7 Å². The van der Waals surface area contributed by atoms with E-state index in [1.165, 1.54) is 17.8 Å². The number of fused-ring (bicyclic) bond motifs is 3. The van der Waals surface area contributed by atoms with Crippen LogP contribution in [0.2, 0.25) is 0 Å². The second kappa shape index (κ2) is 7.28. The number of nitrogens with zero attached hydrogens (tertiary/aromatic N) is 3. The number of benzene rings is 2. The zero-order chi connectivity index (χ0) is 20.9. The number of amides is 1. The minimum absolute atomic E-state index is 0.0364. The third-order valence-corrected chi connectivity index (χ3v) is 7.72. The number of thioether (sulfide) groups is 1. The van der Waals surface area contributed by atoms with E-state index in [1.54, 1.807) is 24.3 Å². The average molecular weight is 447 g/mol. The lowest BCUT2D eigenvalue weighted by Gasteiger charge is -2.22. The summed E-state index contributed by atoms with van der Waals surface area (Å²) in [6.07, 6.45) is 2.09. The third kappa shape index (κ3) is 3.43. The van der Waals surface area contributed by atoms with Crippen molar-refractivity contribution in [2.24, 2.45) is 4.40 Å². The molecule has 1 N–H and O–H groups in total. The molecule has 3 aliphatic rings. The van der Waals surface area contributed by atoms with E-state index in [9.17, 15) is 17.6 Å². The number of nitrogens with one attached hydrogen (secondary N) is 1. The highest BCUT2D eigenvalue weighted by Gasteiger charge is 2.33. The number of hydrogen-bond donors (Lipinski definition) is 1. The highest BCUT2D eigenvalue weighted by molar-refractivity contribution is 8.15. The highest BCUT2D eigenvalue weighted by Crippen LogP contribution is 2.42. The maximum Gasteiger partial charge on any atom is 0.257 e. The Bertz CT molecular complexity index is 1180. The normalized spacial score (nSPS) is 19.3. The van der Waals surface area contributed by atoms with Crippen LogP contribution in [0.25, 0.3) is 0 Å². The molecule has 7 nitrogen and oxygen atoms in total. The van der Waals surface area contributed by atoms with Gasteiger partial charge < -0.3 is 15.1 Å². The summed E-state index contributed by atoms with van der Waals surface area (Å²) in [5, 5.41) is 3.14. The molecule has 0 saturated carbocycles. The molecule has 2 aromatic rings. The van der Waals surface area contributed by atoms with E-state index in [0.717, 1.165) is 36.5 Å². The van der Waals surface area contributed by atoms with Gasteiger partial charge in [0.1, 0.15) is 11.5 Å². The van der Waals surface area contributed by atoms with Crippen LogP contribution in [0.4, 0.5) is 21.5 Å². The van der Waals surface area contributed by atoms with E-state index < -0.39 is 21.7 Å². The van der Waals surface area contributed by atoms with Crippen molar-refractivity contribution in [1.29, 1.82) is 0 Å². The fourth-order valence-electron chi connectivity index (χ4n) is 3.92. The number of halogens is 1. The monoisotopic (exact) mass is 446 g/mol. The van der Waals surface area contributed by atoms with Gasteiger partial charge in [0.15, 0.2) is 5.17 Å². The molecule has 1 amide bonds. The molecule has 156 valence electrons. The van der Waals surface area contributed by atoms with Crippen molar-refractivity contribution in [3.05, 3.63) is 47.8 Å². The Morgan fingerprint density at radius 2 is 1.90 bits per heavy atom. The summed E-state index contributed by atoms with van der Waals surface area (Å²) in [5.74, 6) is -0.922. The Balaban J connectivity index is 1.42. The van der Waals surface area contributed by atoms with Gasteiger partial charge in [-0.15, -0.1) is 4.40 Å². The number of anilines is 3. The van der Waals surface area contributed by atoms with Gasteiger partial charge in [-0.25, -0.2) is 12.8 Å². The molecular formula is C20H19FN4O3S2. The zero-order valence-corrected chi connectivity index (χ0v) is 17.6. The topological polar surface area (TPSA) is 82.1 Å². The van der Waals surface area contributed by atoms with Crippen molar-refractivity contribution in [2.75, 3.05) is 40.5 Å². The van der Waals surface area contributed by atoms with Crippen molar-refractivity contribution >= 4 is 49.9 Å². The van der Waals surface area contributed by atoms with Crippen molar-refractivity contribution < 1.29 is 17.6 Å². The van der Waals surface area contributed by atoms with Gasteiger partial charge in [-0.2, -0.15) is 0 Å². The van der Waals surface area contributed by atoms with Crippen LogP contribution in [0.1, 0.15) is 23.2 Å². The molecule has 0 bridgehead atoms. The first-order chi connectivity index (χ1) is 14.4. The molecule has 0 aromatic heterocycles. The molecule has 0 radical (unpaired) electrons. The Morgan fingerprint density at radius 1 is 1.10 bits per heavy atom. The maximum atomic E-state index is 14.5. The number of rotatable bonds is 3. The van der Waals surface area contributed by atoms with Gasteiger partial charge >= 0.3 is 0 Å². The fraction of sp³-hybridized carbons (Fsp3) is 0.300. The lowest BCUT2D eigenvalue weighted by Crippen LogP contribution is -2.35. The molecule has 3 aliphatic heterocycles. The molecular weight excluding hydrogens is 427 g/mol. The summed E-state index contributed by atoms with van der Waals surface area (Å²) in [4.78, 5) is 17.6. The lowest BCUT2D eigenvalue weighted by molar-refractivity contribution is 0.102. The lowest BCUT2D eigenvalue weighted by atomic mass is 10.1. The summed E-state index contributed by atoms with van der Waals surface area (Å²) in [6.45, 7) is 2.01. The Morgan fingerprint density at radius 3 is 2.70 bits per heavy atom. The summed E-state index contributed by atoms with van der Waals surface area (Å²) in [7, 11) is -3.44. The third-order valence-electron chi connectivity index (χ3n) is 5.41. The SMILES string of the molecule is O=C(Nc1c(F)cccc1N1CCCC1)c1ccc2c(c1)SC1=NS(=O)(=O)CCN12. The maximum absolute atomic E-state index is 14.5. The Labute approximate surface area is 178 Å². The standard InChI is InChI=1S/C20H19FN4O3S2/c21-14-4-3-5-16(24-8-1-2-9-24)18(14)22-19(26)13-6-7-15-17(12-13)29-20-23-30(27,28)11-10-25(15)20/h3-7,12H,1-2,8-11H2,(H,22,26). The zero-order valence-electron chi connectivity index (χ0n) is 16.0. The number of hydrogen-bond acceptors (Lipinski definition) is 6. The largest absolute Gasteiger partial charge is 0.370 e. The minimum Gasteiger partial charge on any atom is -0.370 e. The van der Waals surface area contributed by atoms with Crippen LogP contribution < -0.4 is 15.1 Å². The number of sulfonamides is 1. The Kier molecular flexibility index (Phi) is 4.70. The van der Waals surface area contributed by atoms with Crippen LogP contribution in [0, 0.1) is 5.82 Å². The number of carbonyl (C=O) groups excluding carboxylic acids is 1. The van der Waals surface area contributed by atoms with E-state index in [1.807, 2.05) is 11.0 Å². The molecule has 10 heteroatoms. The smallest absolute Gasteiger partial charge is 0.257 e. The molecule has 2 aromatic carbocycles. The predicted octanol–water partition coefficient (Wildman–Crippen LogP) is 3.29. The minimum atomic E-state index is -3.44. The molecule has 3 heterocycles. The number of amidine groups is 1. The van der Waals surface area contributed by atoms with Crippen LogP contribution in [-0.4, -0.2) is 44.9 Å². The van der Waals surface area contributed by atoms with Crippen LogP contribution >= 0.6 is 11.8 Å². The van der Waals surface area contributed by atoms with E-state index in [-0.39, 0.29) is 11.4 Å². The van der Waals surface area contributed by atoms with E-state index >= 15 is 0 Å². The summed E-state index contributed by atoms with van der Waals surface area (Å²) >= 11 is 1.22. The molecule has 1 fully saturated rings. The Hall–Kier alpha value is -2.59. The van der Waals surface area contributed by atoms with Gasteiger partial charge in [-0.3, -0.25) is 4.79 Å². The predicted molar refractivity (Wildman–Crippen MR) is 117 cm³/mol. The van der Waals surface area contributed by atoms with Crippen molar-refractivity contribution in [2.45, 2.75) is 17.7 Å². The van der Waals surface area contributed by atoms with Crippen LogP contribution in [-0.2, 0) is 10.0 Å². The second-order valence-corrected chi connectivity index (χ2v) is 10.1. The number of para-hydroxylation sites is 1. The van der Waals surface area contributed by atoms with Gasteiger partial charge in [0, 0.05) is 30.1 Å². The van der Waals surface area contributed by atoms with Gasteiger partial charge in [-0.05, 0) is 54.9 Å². The summed E-state index contributed by atoms with van der Waals surface area (Å²) in [5.41, 5.74) is 2.08. The highest BCUT2D eigenvalue weighted by atomic mass is 32.2. The summed E-state index contributed by atoms with van der Waals surface area (Å²) < 4.78 is 41.9. The van der Waals surface area contributed by atoms with E-state index in [0.29, 0.717) is 23.0 Å². The molecule has 5 rings (SSSR count). The van der Waals surface area contributed by atoms with Crippen molar-refractivity contribution in [1.82, 2.24) is 0 Å². The van der Waals surface area contributed by atoms with Crippen molar-refractivity contribution in [3.8, 4) is 0 Å². The molecule has 1 saturated heterocycles. The quantitative estimate of drug-likeness (QED) is 0.779. The van der Waals surface area contributed by atoms with Gasteiger partial charge in [0.05, 0.1) is 17.1 Å². The first-order valence-electron chi connectivity index (χ1n) is 9.68. The first-order valence-corrected chi connectivity index (χ1v) is 12.1. The first kappa shape index (κ1) is 19.4. The second-order valence-electron chi connectivity index (χ2n) is 7.38. The van der Waals surface area contributed by atoms with Gasteiger partial charge in [0.2, 0.25) is 0 Å². The molecule has 0 spiro atoms. The van der Waals surface area contributed by atoms with E-state index in [4.69, 9.17) is 0 Å². The van der Waals surface area contributed by atoms with E-state index in [2.05, 4.69) is 14.6 Å². The number of carbonyl (C=O) groups is 1. The molecule has 30 heavy (non-hydrogen) atoms. The molecule has 0 aliphatic carbocycles. The van der Waals surface area contributed by atoms with Crippen LogP contribution in [0.3, 0.4) is 0 Å². The molecule has 0 unspecified atom stereocenters. The average Bonchev–Trinajstić information content (AvgIpc) is 3.35. The summed E-state index contributed by atoms with van der Waals surface area (Å²) in [6, 6.07) is 9.94. The van der Waals surface area contributed by atoms with Gasteiger partial charge in [0.25, 0.3) is 15.9 Å².